The van der Waals surface area contributed by atoms with Crippen molar-refractivity contribution in [2.24, 2.45) is 5.92 Å². The van der Waals surface area contributed by atoms with Crippen LogP contribution in [0.1, 0.15) is 66.9 Å². The van der Waals surface area contributed by atoms with Gasteiger partial charge in [-0.15, -0.1) is 0 Å². The van der Waals surface area contributed by atoms with Gasteiger partial charge in [0.25, 0.3) is 0 Å². The van der Waals surface area contributed by atoms with Gasteiger partial charge in [0, 0.05) is 17.3 Å². The molecule has 1 rings (SSSR count). The highest BCUT2D eigenvalue weighted by molar-refractivity contribution is 7.90. The molecule has 0 spiro atoms. The molecule has 1 unspecified atom stereocenters. The number of sulfone groups is 1. The van der Waals surface area contributed by atoms with Gasteiger partial charge in [-0.25, -0.2) is 13.2 Å². The number of amides is 3. The lowest BCUT2D eigenvalue weighted by Crippen LogP contribution is -2.59. The van der Waals surface area contributed by atoms with Gasteiger partial charge in [0.15, 0.2) is 0 Å². The fourth-order valence-corrected chi connectivity index (χ4v) is 5.49. The lowest BCUT2D eigenvalue weighted by molar-refractivity contribution is -0.122. The maximum absolute atomic E-state index is 12.9. The molecule has 37 heavy (non-hydrogen) atoms. The van der Waals surface area contributed by atoms with Crippen molar-refractivity contribution in [3.63, 3.8) is 0 Å². The molecule has 0 heterocycles. The molecule has 0 bridgehead atoms. The van der Waals surface area contributed by atoms with Crippen LogP contribution in [0.3, 0.4) is 0 Å². The molecule has 0 aliphatic carbocycles. The summed E-state index contributed by atoms with van der Waals surface area (Å²) in [7, 11) is -3.24. The van der Waals surface area contributed by atoms with Gasteiger partial charge in [-0.1, -0.05) is 44.2 Å². The van der Waals surface area contributed by atoms with Crippen LogP contribution in [0.2, 0.25) is 0 Å². The number of aliphatic hydroxyl groups excluding tert-OH is 1. The molecule has 212 valence electrons. The minimum atomic E-state index is -3.24. The summed E-state index contributed by atoms with van der Waals surface area (Å²) in [6.45, 7) is 13.1. The van der Waals surface area contributed by atoms with Gasteiger partial charge in [-0.05, 0) is 65.4 Å². The van der Waals surface area contributed by atoms with Gasteiger partial charge in [0.1, 0.15) is 9.84 Å². The summed E-state index contributed by atoms with van der Waals surface area (Å²) in [5.74, 6) is -0.123. The van der Waals surface area contributed by atoms with Crippen LogP contribution < -0.4 is 21.3 Å². The Morgan fingerprint density at radius 1 is 0.946 bits per heavy atom. The number of carbonyl (C=O) groups is 2. The largest absolute Gasteiger partial charge is 0.389 e. The van der Waals surface area contributed by atoms with E-state index in [-0.39, 0.29) is 24.2 Å². The lowest BCUT2D eigenvalue weighted by atomic mass is 9.92. The van der Waals surface area contributed by atoms with E-state index in [1.165, 1.54) is 0 Å². The second-order valence-corrected chi connectivity index (χ2v) is 14.2. The molecule has 0 aromatic heterocycles. The maximum atomic E-state index is 12.9. The van der Waals surface area contributed by atoms with E-state index in [1.54, 1.807) is 13.8 Å². The molecule has 3 amide bonds. The maximum Gasteiger partial charge on any atom is 0.315 e. The highest BCUT2D eigenvalue weighted by Gasteiger charge is 2.32. The van der Waals surface area contributed by atoms with Crippen LogP contribution in [0.25, 0.3) is 0 Å². The second kappa shape index (κ2) is 14.1. The highest BCUT2D eigenvalue weighted by Crippen LogP contribution is 2.16. The molecule has 0 aliphatic rings. The molecule has 1 aromatic rings. The van der Waals surface area contributed by atoms with Crippen LogP contribution in [-0.2, 0) is 21.1 Å². The molecule has 0 radical (unpaired) electrons. The topological polar surface area (TPSA) is 137 Å². The average Bonchev–Trinajstić information content (AvgIpc) is 2.72. The third kappa shape index (κ3) is 15.0. The minimum Gasteiger partial charge on any atom is -0.389 e. The fraction of sp³-hybridized carbons (Fsp3) is 0.704. The Bertz CT molecular complexity index is 959. The summed E-state index contributed by atoms with van der Waals surface area (Å²) in [6, 6.07) is 7.86. The second-order valence-electron chi connectivity index (χ2n) is 12.1. The first-order valence-corrected chi connectivity index (χ1v) is 15.0. The van der Waals surface area contributed by atoms with Crippen molar-refractivity contribution >= 4 is 21.8 Å². The van der Waals surface area contributed by atoms with Crippen molar-refractivity contribution in [3.05, 3.63) is 35.9 Å². The van der Waals surface area contributed by atoms with E-state index in [0.29, 0.717) is 18.8 Å². The van der Waals surface area contributed by atoms with Crippen LogP contribution in [0, 0.1) is 5.92 Å². The Balaban J connectivity index is 3.08. The van der Waals surface area contributed by atoms with Crippen LogP contribution in [0.5, 0.6) is 0 Å². The zero-order valence-electron chi connectivity index (χ0n) is 23.7. The smallest absolute Gasteiger partial charge is 0.315 e. The van der Waals surface area contributed by atoms with Gasteiger partial charge >= 0.3 is 6.03 Å². The molecule has 3 atom stereocenters. The van der Waals surface area contributed by atoms with Crippen molar-refractivity contribution in [2.75, 3.05) is 18.6 Å². The molecule has 0 saturated carbocycles. The number of hydrogen-bond donors (Lipinski definition) is 5. The number of aliphatic hydroxyl groups is 1. The summed E-state index contributed by atoms with van der Waals surface area (Å²) >= 11 is 0. The number of carbonyl (C=O) groups excluding carboxylic acids is 2. The third-order valence-corrected chi connectivity index (χ3v) is 6.93. The number of benzene rings is 1. The number of urea groups is 1. The number of hydrogen-bond acceptors (Lipinski definition) is 6. The van der Waals surface area contributed by atoms with E-state index in [2.05, 4.69) is 35.1 Å². The first-order valence-electron chi connectivity index (χ1n) is 12.9. The molecule has 5 N–H and O–H groups in total. The van der Waals surface area contributed by atoms with Gasteiger partial charge in [-0.2, -0.15) is 0 Å². The zero-order valence-corrected chi connectivity index (χ0v) is 24.5. The zero-order chi connectivity index (χ0) is 28.4. The van der Waals surface area contributed by atoms with Crippen LogP contribution in [-0.4, -0.2) is 73.3 Å². The first-order chi connectivity index (χ1) is 16.9. The quantitative estimate of drug-likeness (QED) is 0.246. The Kier molecular flexibility index (Phi) is 12.5. The SMILES string of the molecule is CC(C)CCC(NC(=O)NC(C)(C)C)[C@H](O)[C@H](Cc1ccccc1)NC(=O)CNC(C)(C)CS(C)(=O)=O. The molecular formula is C27H48N4O5S. The predicted octanol–water partition coefficient (Wildman–Crippen LogP) is 2.39. The lowest BCUT2D eigenvalue weighted by Gasteiger charge is -2.33. The fourth-order valence-electron chi connectivity index (χ4n) is 4.08. The average molecular weight is 541 g/mol. The number of rotatable bonds is 14. The summed E-state index contributed by atoms with van der Waals surface area (Å²) in [5, 5.41) is 23.2. The van der Waals surface area contributed by atoms with E-state index in [1.807, 2.05) is 51.1 Å². The van der Waals surface area contributed by atoms with E-state index in [0.717, 1.165) is 18.2 Å². The normalized spacial score (nSPS) is 15.1. The third-order valence-electron chi connectivity index (χ3n) is 5.68. The minimum absolute atomic E-state index is 0.116. The van der Waals surface area contributed by atoms with Crippen molar-refractivity contribution < 1.29 is 23.1 Å². The van der Waals surface area contributed by atoms with Gasteiger partial charge in [0.2, 0.25) is 5.91 Å². The van der Waals surface area contributed by atoms with E-state index in [4.69, 9.17) is 0 Å². The van der Waals surface area contributed by atoms with Crippen molar-refractivity contribution in [1.82, 2.24) is 21.3 Å². The first kappa shape index (κ1) is 32.9. The predicted molar refractivity (Wildman–Crippen MR) is 149 cm³/mol. The van der Waals surface area contributed by atoms with Crippen molar-refractivity contribution in [1.29, 1.82) is 0 Å². The van der Waals surface area contributed by atoms with Gasteiger partial charge < -0.3 is 26.4 Å². The molecule has 0 aliphatic heterocycles. The van der Waals surface area contributed by atoms with Crippen molar-refractivity contribution in [2.45, 2.75) is 97.0 Å². The van der Waals surface area contributed by atoms with E-state index < -0.39 is 39.1 Å². The Morgan fingerprint density at radius 2 is 1.54 bits per heavy atom. The summed E-state index contributed by atoms with van der Waals surface area (Å²) in [4.78, 5) is 25.6. The standard InChI is InChI=1S/C27H48N4O5S/c1-19(2)14-15-21(30-25(34)31-26(3,4)5)24(33)22(16-20-12-10-9-11-13-20)29-23(32)17-28-27(6,7)18-37(8,35)36/h9-13,19,21-22,24,28,33H,14-18H2,1-8H3,(H,29,32)(H2,30,31,34)/t21?,22-,24-/m0/s1. The van der Waals surface area contributed by atoms with Crippen molar-refractivity contribution in [3.8, 4) is 0 Å². The molecular weight excluding hydrogens is 492 g/mol. The molecule has 10 heteroatoms. The monoisotopic (exact) mass is 540 g/mol. The summed E-state index contributed by atoms with van der Waals surface area (Å²) in [6.07, 6.45) is 1.78. The van der Waals surface area contributed by atoms with Gasteiger partial charge in [-0.3, -0.25) is 4.79 Å². The van der Waals surface area contributed by atoms with Crippen LogP contribution in [0.4, 0.5) is 4.79 Å². The van der Waals surface area contributed by atoms with Crippen LogP contribution in [0.15, 0.2) is 30.3 Å². The van der Waals surface area contributed by atoms with Crippen LogP contribution >= 0.6 is 0 Å². The Morgan fingerprint density at radius 3 is 2.05 bits per heavy atom. The van der Waals surface area contributed by atoms with E-state index >= 15 is 0 Å². The number of nitrogens with one attached hydrogen (secondary N) is 4. The summed E-state index contributed by atoms with van der Waals surface area (Å²) in [5.41, 5.74) is -0.316. The molecule has 1 aromatic carbocycles. The summed E-state index contributed by atoms with van der Waals surface area (Å²) < 4.78 is 23.4. The molecule has 0 saturated heterocycles. The Hall–Kier alpha value is -2.17. The highest BCUT2D eigenvalue weighted by atomic mass is 32.2. The Labute approximate surface area is 223 Å². The molecule has 0 fully saturated rings. The molecule has 9 nitrogen and oxygen atoms in total. The van der Waals surface area contributed by atoms with E-state index in [9.17, 15) is 23.1 Å². The van der Waals surface area contributed by atoms with Gasteiger partial charge in [0.05, 0.1) is 30.5 Å².